The summed E-state index contributed by atoms with van der Waals surface area (Å²) in [5.41, 5.74) is 3.85. The van der Waals surface area contributed by atoms with Crippen LogP contribution in [-0.4, -0.2) is 79.5 Å². The molecule has 0 N–H and O–H groups in total. The molecule has 2 saturated heterocycles. The number of aryl methyl sites for hydroxylation is 1. The summed E-state index contributed by atoms with van der Waals surface area (Å²) in [7, 11) is -1.31. The number of aromatic nitrogens is 1. The van der Waals surface area contributed by atoms with Crippen molar-refractivity contribution < 1.29 is 17.9 Å². The highest BCUT2D eigenvalue weighted by molar-refractivity contribution is 7.91. The summed E-state index contributed by atoms with van der Waals surface area (Å²) in [5, 5.41) is 9.75. The minimum atomic E-state index is -2.94. The van der Waals surface area contributed by atoms with E-state index in [1.54, 1.807) is 18.1 Å². The van der Waals surface area contributed by atoms with Crippen LogP contribution in [0.2, 0.25) is 0 Å². The summed E-state index contributed by atoms with van der Waals surface area (Å²) in [6, 6.07) is 11.8. The zero-order valence-corrected chi connectivity index (χ0v) is 20.6. The number of methoxy groups -OCH3 is 1. The zero-order chi connectivity index (χ0) is 24.5. The molecule has 1 aromatic carbocycles. The molecule has 1 unspecified atom stereocenters. The molecular formula is C25H30N4O4S. The van der Waals surface area contributed by atoms with Gasteiger partial charge in [0.1, 0.15) is 17.4 Å². The number of hydrogen-bond acceptors (Lipinski definition) is 6. The Hall–Kier alpha value is -3.09. The lowest BCUT2D eigenvalue weighted by atomic mass is 10.1. The highest BCUT2D eigenvalue weighted by Crippen LogP contribution is 2.25. The zero-order valence-electron chi connectivity index (χ0n) is 19.8. The molecule has 3 heterocycles. The molecule has 0 radical (unpaired) electrons. The van der Waals surface area contributed by atoms with E-state index in [0.29, 0.717) is 32.6 Å². The van der Waals surface area contributed by atoms with Gasteiger partial charge in [-0.3, -0.25) is 9.69 Å². The lowest BCUT2D eigenvalue weighted by Gasteiger charge is -2.37. The molecule has 0 spiro atoms. The maximum absolute atomic E-state index is 13.1. The molecule has 2 aliphatic heterocycles. The second kappa shape index (κ2) is 9.65. The van der Waals surface area contributed by atoms with Crippen LogP contribution < -0.4 is 4.74 Å². The van der Waals surface area contributed by atoms with Crippen LogP contribution in [0.4, 0.5) is 0 Å². The predicted octanol–water partition coefficient (Wildman–Crippen LogP) is 2.34. The number of amides is 1. The molecule has 180 valence electrons. The topological polar surface area (TPSA) is 95.6 Å². The monoisotopic (exact) mass is 482 g/mol. The van der Waals surface area contributed by atoms with Crippen molar-refractivity contribution in [3.63, 3.8) is 0 Å². The second-order valence-corrected chi connectivity index (χ2v) is 11.1. The summed E-state index contributed by atoms with van der Waals surface area (Å²) >= 11 is 0. The van der Waals surface area contributed by atoms with E-state index in [-0.39, 0.29) is 29.0 Å². The molecule has 1 atom stereocenters. The molecule has 0 aliphatic carbocycles. The number of hydrogen-bond donors (Lipinski definition) is 0. The third-order valence-electron chi connectivity index (χ3n) is 6.78. The first kappa shape index (κ1) is 24.0. The molecule has 2 fully saturated rings. The molecule has 8 nitrogen and oxygen atoms in total. The van der Waals surface area contributed by atoms with Gasteiger partial charge in [0.15, 0.2) is 9.84 Å². The number of benzene rings is 1. The first-order valence-electron chi connectivity index (χ1n) is 11.4. The first-order chi connectivity index (χ1) is 16.2. The lowest BCUT2D eigenvalue weighted by molar-refractivity contribution is -0.128. The predicted molar refractivity (Wildman–Crippen MR) is 131 cm³/mol. The van der Waals surface area contributed by atoms with Crippen LogP contribution in [0.5, 0.6) is 5.75 Å². The Morgan fingerprint density at radius 1 is 1.15 bits per heavy atom. The Bertz CT molecular complexity index is 1250. The Kier molecular flexibility index (Phi) is 6.82. The van der Waals surface area contributed by atoms with Gasteiger partial charge in [-0.2, -0.15) is 5.26 Å². The Labute approximate surface area is 200 Å². The van der Waals surface area contributed by atoms with Crippen molar-refractivity contribution in [1.82, 2.24) is 14.4 Å². The van der Waals surface area contributed by atoms with E-state index in [4.69, 9.17) is 4.74 Å². The van der Waals surface area contributed by atoms with Crippen molar-refractivity contribution in [3.05, 3.63) is 52.9 Å². The van der Waals surface area contributed by atoms with Crippen LogP contribution in [0.25, 0.3) is 11.8 Å². The number of nitriles is 1. The van der Waals surface area contributed by atoms with E-state index in [1.807, 2.05) is 44.2 Å². The number of ether oxygens (including phenoxy) is 1. The average molecular weight is 483 g/mol. The smallest absolute Gasteiger partial charge is 0.264 e. The number of rotatable bonds is 5. The van der Waals surface area contributed by atoms with Crippen molar-refractivity contribution in [2.75, 3.05) is 44.8 Å². The van der Waals surface area contributed by atoms with E-state index >= 15 is 0 Å². The summed E-state index contributed by atoms with van der Waals surface area (Å²) in [6.07, 6.45) is 2.32. The highest BCUT2D eigenvalue weighted by atomic mass is 32.2. The molecule has 1 aromatic heterocycles. The lowest BCUT2D eigenvalue weighted by Crippen LogP contribution is -2.52. The fourth-order valence-electron chi connectivity index (χ4n) is 4.88. The van der Waals surface area contributed by atoms with Gasteiger partial charge in [-0.15, -0.1) is 0 Å². The SMILES string of the molecule is COc1ccc(-n2c(C)cc(/C=C(/C#N)C(=O)N3CCN(C4CCS(=O)(=O)C4)CC3)c2C)cc1. The fourth-order valence-corrected chi connectivity index (χ4v) is 6.65. The van der Waals surface area contributed by atoms with Crippen molar-refractivity contribution in [1.29, 1.82) is 5.26 Å². The molecule has 4 rings (SSSR count). The van der Waals surface area contributed by atoms with Crippen molar-refractivity contribution in [2.24, 2.45) is 0 Å². The van der Waals surface area contributed by atoms with E-state index in [9.17, 15) is 18.5 Å². The van der Waals surface area contributed by atoms with Gasteiger partial charge < -0.3 is 14.2 Å². The maximum atomic E-state index is 13.1. The van der Waals surface area contributed by atoms with Gasteiger partial charge >= 0.3 is 0 Å². The average Bonchev–Trinajstić information content (AvgIpc) is 3.34. The second-order valence-electron chi connectivity index (χ2n) is 8.91. The van der Waals surface area contributed by atoms with E-state index < -0.39 is 9.84 Å². The van der Waals surface area contributed by atoms with Crippen LogP contribution in [0, 0.1) is 25.2 Å². The van der Waals surface area contributed by atoms with Gasteiger partial charge in [-0.05, 0) is 62.2 Å². The largest absolute Gasteiger partial charge is 0.497 e. The molecule has 0 bridgehead atoms. The Balaban J connectivity index is 1.48. The summed E-state index contributed by atoms with van der Waals surface area (Å²) in [5.74, 6) is 0.940. The van der Waals surface area contributed by atoms with E-state index in [2.05, 4.69) is 15.5 Å². The maximum Gasteiger partial charge on any atom is 0.264 e. The van der Waals surface area contributed by atoms with Crippen LogP contribution >= 0.6 is 0 Å². The molecule has 9 heteroatoms. The number of nitrogens with zero attached hydrogens (tertiary/aromatic N) is 4. The standard InChI is InChI=1S/C25H30N4O4S/c1-18-14-20(19(2)29(18)22-4-6-24(33-3)7-5-22)15-21(16-26)25(30)28-11-9-27(10-12-28)23-8-13-34(31,32)17-23/h4-7,14-15,23H,8-13,17H2,1-3H3/b21-15-. The third kappa shape index (κ3) is 4.88. The number of piperazine rings is 1. The van der Waals surface area contributed by atoms with Gasteiger partial charge in [0.25, 0.3) is 5.91 Å². The van der Waals surface area contributed by atoms with Crippen molar-refractivity contribution in [3.8, 4) is 17.5 Å². The minimum Gasteiger partial charge on any atom is -0.497 e. The van der Waals surface area contributed by atoms with Gasteiger partial charge in [0.05, 0.1) is 18.6 Å². The van der Waals surface area contributed by atoms with Crippen LogP contribution in [0.15, 0.2) is 35.9 Å². The Morgan fingerprint density at radius 2 is 1.82 bits per heavy atom. The van der Waals surface area contributed by atoms with Crippen LogP contribution in [0.1, 0.15) is 23.4 Å². The first-order valence-corrected chi connectivity index (χ1v) is 13.2. The normalized spacial score (nSPS) is 20.8. The molecule has 2 aliphatic rings. The molecular weight excluding hydrogens is 452 g/mol. The summed E-state index contributed by atoms with van der Waals surface area (Å²) in [6.45, 7) is 6.17. The minimum absolute atomic E-state index is 0.0385. The summed E-state index contributed by atoms with van der Waals surface area (Å²) in [4.78, 5) is 17.0. The molecule has 2 aromatic rings. The van der Waals surface area contributed by atoms with Crippen LogP contribution in [-0.2, 0) is 14.6 Å². The number of sulfone groups is 1. The number of carbonyl (C=O) groups excluding carboxylic acids is 1. The number of carbonyl (C=O) groups is 1. The molecule has 1 amide bonds. The Morgan fingerprint density at radius 3 is 2.38 bits per heavy atom. The molecule has 0 saturated carbocycles. The van der Waals surface area contributed by atoms with E-state index in [1.165, 1.54) is 0 Å². The van der Waals surface area contributed by atoms with Crippen molar-refractivity contribution in [2.45, 2.75) is 26.3 Å². The third-order valence-corrected chi connectivity index (χ3v) is 8.53. The van der Waals surface area contributed by atoms with Gasteiger partial charge in [-0.25, -0.2) is 8.42 Å². The van der Waals surface area contributed by atoms with Crippen molar-refractivity contribution >= 4 is 21.8 Å². The van der Waals surface area contributed by atoms with Gasteiger partial charge in [0, 0.05) is 49.3 Å². The summed E-state index contributed by atoms with van der Waals surface area (Å²) < 4.78 is 30.9. The van der Waals surface area contributed by atoms with Gasteiger partial charge in [0.2, 0.25) is 0 Å². The quantitative estimate of drug-likeness (QED) is 0.480. The highest BCUT2D eigenvalue weighted by Gasteiger charge is 2.34. The van der Waals surface area contributed by atoms with Crippen LogP contribution in [0.3, 0.4) is 0 Å². The fraction of sp³-hybridized carbons (Fsp3) is 0.440. The van der Waals surface area contributed by atoms with E-state index in [0.717, 1.165) is 28.4 Å². The van der Waals surface area contributed by atoms with Gasteiger partial charge in [-0.1, -0.05) is 0 Å². The molecule has 34 heavy (non-hydrogen) atoms.